The number of hydrogen-bond acceptors (Lipinski definition) is 5. The second kappa shape index (κ2) is 8.20. The van der Waals surface area contributed by atoms with E-state index in [2.05, 4.69) is 15.8 Å². The molecule has 1 aliphatic heterocycles. The Bertz CT molecular complexity index is 634. The molecule has 1 saturated heterocycles. The summed E-state index contributed by atoms with van der Waals surface area (Å²) in [5.74, 6) is 0.731. The van der Waals surface area contributed by atoms with Crippen LogP contribution in [0.25, 0.3) is 0 Å². The van der Waals surface area contributed by atoms with E-state index in [9.17, 15) is 9.59 Å². The van der Waals surface area contributed by atoms with E-state index >= 15 is 0 Å². The van der Waals surface area contributed by atoms with E-state index in [1.54, 1.807) is 4.90 Å². The highest BCUT2D eigenvalue weighted by Gasteiger charge is 2.30. The van der Waals surface area contributed by atoms with E-state index in [1.807, 2.05) is 20.9 Å². The van der Waals surface area contributed by atoms with Crippen molar-refractivity contribution in [1.82, 2.24) is 20.7 Å². The number of carbonyl (C=O) groups excluding carboxylic acids is 2. The van der Waals surface area contributed by atoms with Crippen molar-refractivity contribution < 1.29 is 14.1 Å². The number of amides is 2. The lowest BCUT2D eigenvalue weighted by molar-refractivity contribution is -0.135. The third-order valence-corrected chi connectivity index (χ3v) is 5.49. The first kappa shape index (κ1) is 18.9. The fourth-order valence-electron chi connectivity index (χ4n) is 3.54. The lowest BCUT2D eigenvalue weighted by Crippen LogP contribution is -2.42. The molecular formula is C19H30N4O3. The van der Waals surface area contributed by atoms with Crippen molar-refractivity contribution in [2.24, 2.45) is 5.92 Å². The SMILES string of the molecule is Cc1noc(C)c1CNC1CCCC(C(=O)NC2CC2)CC(=O)N(C)C1. The third kappa shape index (κ3) is 4.84. The maximum absolute atomic E-state index is 12.5. The van der Waals surface area contributed by atoms with Crippen LogP contribution in [0.2, 0.25) is 0 Å². The van der Waals surface area contributed by atoms with Gasteiger partial charge in [0.25, 0.3) is 0 Å². The number of aryl methyl sites for hydroxylation is 2. The second-order valence-electron chi connectivity index (χ2n) is 7.77. The Hall–Kier alpha value is -1.89. The highest BCUT2D eigenvalue weighted by atomic mass is 16.5. The molecule has 3 rings (SSSR count). The molecule has 2 fully saturated rings. The van der Waals surface area contributed by atoms with Gasteiger partial charge in [-0.3, -0.25) is 9.59 Å². The predicted molar refractivity (Wildman–Crippen MR) is 97.4 cm³/mol. The van der Waals surface area contributed by atoms with Crippen LogP contribution in [0.1, 0.15) is 55.5 Å². The summed E-state index contributed by atoms with van der Waals surface area (Å²) < 4.78 is 5.22. The molecule has 144 valence electrons. The Labute approximate surface area is 154 Å². The lowest BCUT2D eigenvalue weighted by atomic mass is 9.96. The number of nitrogens with zero attached hydrogens (tertiary/aromatic N) is 2. The van der Waals surface area contributed by atoms with Gasteiger partial charge < -0.3 is 20.1 Å². The number of aromatic nitrogens is 1. The molecule has 7 nitrogen and oxygen atoms in total. The van der Waals surface area contributed by atoms with Crippen molar-refractivity contribution in [3.8, 4) is 0 Å². The number of hydrogen-bond donors (Lipinski definition) is 2. The molecule has 2 N–H and O–H groups in total. The monoisotopic (exact) mass is 362 g/mol. The molecule has 2 heterocycles. The van der Waals surface area contributed by atoms with Gasteiger partial charge in [0, 0.05) is 50.1 Å². The lowest BCUT2D eigenvalue weighted by Gasteiger charge is -2.24. The van der Waals surface area contributed by atoms with Crippen LogP contribution in [0, 0.1) is 19.8 Å². The average Bonchev–Trinajstić information content (AvgIpc) is 3.34. The Morgan fingerprint density at radius 2 is 2.00 bits per heavy atom. The van der Waals surface area contributed by atoms with Crippen LogP contribution < -0.4 is 10.6 Å². The summed E-state index contributed by atoms with van der Waals surface area (Å²) in [5.41, 5.74) is 1.99. The second-order valence-corrected chi connectivity index (χ2v) is 7.77. The Balaban J connectivity index is 1.58. The van der Waals surface area contributed by atoms with E-state index < -0.39 is 0 Å². The van der Waals surface area contributed by atoms with E-state index in [0.717, 1.165) is 49.1 Å². The molecule has 2 unspecified atom stereocenters. The summed E-state index contributed by atoms with van der Waals surface area (Å²) in [7, 11) is 1.83. The molecule has 1 aromatic heterocycles. The molecule has 26 heavy (non-hydrogen) atoms. The molecule has 0 radical (unpaired) electrons. The van der Waals surface area contributed by atoms with Crippen molar-refractivity contribution in [3.63, 3.8) is 0 Å². The highest BCUT2D eigenvalue weighted by molar-refractivity contribution is 5.86. The first-order chi connectivity index (χ1) is 12.4. The van der Waals surface area contributed by atoms with Gasteiger partial charge in [-0.05, 0) is 39.5 Å². The Morgan fingerprint density at radius 1 is 1.23 bits per heavy atom. The summed E-state index contributed by atoms with van der Waals surface area (Å²) in [6.45, 7) is 5.19. The summed E-state index contributed by atoms with van der Waals surface area (Å²) >= 11 is 0. The number of carbonyl (C=O) groups is 2. The topological polar surface area (TPSA) is 87.5 Å². The van der Waals surface area contributed by atoms with Crippen molar-refractivity contribution in [2.45, 2.75) is 71.0 Å². The zero-order valence-electron chi connectivity index (χ0n) is 16.0. The molecule has 2 aliphatic rings. The van der Waals surface area contributed by atoms with Gasteiger partial charge in [-0.2, -0.15) is 0 Å². The fourth-order valence-corrected chi connectivity index (χ4v) is 3.54. The number of nitrogens with one attached hydrogen (secondary N) is 2. The van der Waals surface area contributed by atoms with Crippen LogP contribution in [-0.4, -0.2) is 47.5 Å². The van der Waals surface area contributed by atoms with Crippen LogP contribution in [0.3, 0.4) is 0 Å². The molecule has 1 aromatic rings. The van der Waals surface area contributed by atoms with Crippen LogP contribution in [-0.2, 0) is 16.1 Å². The van der Waals surface area contributed by atoms with Crippen LogP contribution in [0.15, 0.2) is 4.52 Å². The zero-order valence-corrected chi connectivity index (χ0v) is 16.0. The van der Waals surface area contributed by atoms with Crippen molar-refractivity contribution in [3.05, 3.63) is 17.0 Å². The molecule has 0 spiro atoms. The van der Waals surface area contributed by atoms with Gasteiger partial charge >= 0.3 is 0 Å². The van der Waals surface area contributed by atoms with Gasteiger partial charge in [-0.15, -0.1) is 0 Å². The van der Waals surface area contributed by atoms with Crippen LogP contribution in [0.4, 0.5) is 0 Å². The van der Waals surface area contributed by atoms with E-state index in [0.29, 0.717) is 25.6 Å². The standard InChI is InChI=1S/C19H30N4O3/c1-12-17(13(2)26-22-12)10-20-16-6-4-5-14(9-18(24)23(3)11-16)19(25)21-15-7-8-15/h14-16,20H,4-11H2,1-3H3,(H,21,25). The van der Waals surface area contributed by atoms with Gasteiger partial charge in [0.1, 0.15) is 5.76 Å². The minimum atomic E-state index is -0.202. The smallest absolute Gasteiger partial charge is 0.223 e. The summed E-state index contributed by atoms with van der Waals surface area (Å²) in [6, 6.07) is 0.537. The number of rotatable bonds is 5. The average molecular weight is 362 g/mol. The minimum Gasteiger partial charge on any atom is -0.361 e. The highest BCUT2D eigenvalue weighted by Crippen LogP contribution is 2.23. The maximum Gasteiger partial charge on any atom is 0.223 e. The first-order valence-corrected chi connectivity index (χ1v) is 9.63. The summed E-state index contributed by atoms with van der Waals surface area (Å²) in [5, 5.41) is 10.6. The minimum absolute atomic E-state index is 0.0481. The molecular weight excluding hydrogens is 332 g/mol. The van der Waals surface area contributed by atoms with Gasteiger partial charge in [-0.25, -0.2) is 0 Å². The first-order valence-electron chi connectivity index (χ1n) is 9.63. The molecule has 0 bridgehead atoms. The van der Waals surface area contributed by atoms with Gasteiger partial charge in [-0.1, -0.05) is 11.6 Å². The molecule has 1 aliphatic carbocycles. The van der Waals surface area contributed by atoms with Crippen molar-refractivity contribution in [2.75, 3.05) is 13.6 Å². The quantitative estimate of drug-likeness (QED) is 0.832. The zero-order chi connectivity index (χ0) is 18.7. The van der Waals surface area contributed by atoms with E-state index in [-0.39, 0.29) is 23.8 Å². The normalized spacial score (nSPS) is 24.7. The molecule has 2 amide bonds. The molecule has 1 saturated carbocycles. The van der Waals surface area contributed by atoms with Crippen LogP contribution >= 0.6 is 0 Å². The Kier molecular flexibility index (Phi) is 5.96. The van der Waals surface area contributed by atoms with Crippen LogP contribution in [0.5, 0.6) is 0 Å². The fraction of sp³-hybridized carbons (Fsp3) is 0.737. The van der Waals surface area contributed by atoms with Gasteiger partial charge in [0.2, 0.25) is 11.8 Å². The summed E-state index contributed by atoms with van der Waals surface area (Å²) in [4.78, 5) is 26.7. The predicted octanol–water partition coefficient (Wildman–Crippen LogP) is 1.68. The Morgan fingerprint density at radius 3 is 2.65 bits per heavy atom. The molecule has 7 heteroatoms. The molecule has 2 atom stereocenters. The largest absolute Gasteiger partial charge is 0.361 e. The van der Waals surface area contributed by atoms with Gasteiger partial charge in [0.15, 0.2) is 0 Å². The summed E-state index contributed by atoms with van der Waals surface area (Å²) in [6.07, 6.45) is 5.09. The van der Waals surface area contributed by atoms with Crippen molar-refractivity contribution in [1.29, 1.82) is 0 Å². The van der Waals surface area contributed by atoms with Gasteiger partial charge in [0.05, 0.1) is 5.69 Å². The third-order valence-electron chi connectivity index (χ3n) is 5.49. The number of likely N-dealkylation sites (N-methyl/N-ethyl adjacent to an activating group) is 1. The van der Waals surface area contributed by atoms with Crippen molar-refractivity contribution >= 4 is 11.8 Å². The van der Waals surface area contributed by atoms with E-state index in [1.165, 1.54) is 0 Å². The maximum atomic E-state index is 12.5. The molecule has 0 aromatic carbocycles. The van der Waals surface area contributed by atoms with E-state index in [4.69, 9.17) is 4.52 Å².